The van der Waals surface area contributed by atoms with Crippen LogP contribution in [0.5, 0.6) is 0 Å². The van der Waals surface area contributed by atoms with Gasteiger partial charge in [-0.2, -0.15) is 0 Å². The van der Waals surface area contributed by atoms with Gasteiger partial charge in [0.15, 0.2) is 0 Å². The van der Waals surface area contributed by atoms with Crippen LogP contribution in [0.4, 0.5) is 5.82 Å². The highest BCUT2D eigenvalue weighted by Crippen LogP contribution is 2.01. The fourth-order valence-electron chi connectivity index (χ4n) is 0.654. The number of rotatable bonds is 3. The predicted molar refractivity (Wildman–Crippen MR) is 36.9 cm³/mol. The minimum Gasteiger partial charge on any atom is -0.382 e. The van der Waals surface area contributed by atoms with Crippen molar-refractivity contribution in [2.45, 2.75) is 6.54 Å². The second-order valence-corrected chi connectivity index (χ2v) is 1.85. The molecule has 0 unspecified atom stereocenters. The minimum atomic E-state index is -0.0571. The molecule has 0 saturated carbocycles. The first-order chi connectivity index (χ1) is 4.84. The van der Waals surface area contributed by atoms with E-state index in [4.69, 9.17) is 10.8 Å². The molecule has 5 N–H and O–H groups in total. The maximum absolute atomic E-state index is 8.37. The predicted octanol–water partition coefficient (Wildman–Crippen LogP) is -0.969. The highest BCUT2D eigenvalue weighted by atomic mass is 16.3. The third-order valence-corrected chi connectivity index (χ3v) is 1.17. The molecule has 1 aromatic heterocycles. The van der Waals surface area contributed by atoms with Crippen molar-refractivity contribution >= 4 is 5.82 Å². The molecular weight excluding hydrogens is 132 g/mol. The van der Waals surface area contributed by atoms with E-state index in [9.17, 15) is 0 Å². The van der Waals surface area contributed by atoms with Crippen LogP contribution in [-0.4, -0.2) is 21.8 Å². The molecule has 1 aromatic rings. The molecule has 0 atom stereocenters. The molecular formula is C5H10N4O. The molecule has 0 saturated heterocycles. The second-order valence-electron chi connectivity index (χ2n) is 1.85. The fourth-order valence-corrected chi connectivity index (χ4v) is 0.654. The Balaban J connectivity index is 2.49. The van der Waals surface area contributed by atoms with Crippen LogP contribution in [0.2, 0.25) is 0 Å². The van der Waals surface area contributed by atoms with E-state index >= 15 is 0 Å². The van der Waals surface area contributed by atoms with E-state index in [0.717, 1.165) is 5.69 Å². The number of imidazole rings is 1. The van der Waals surface area contributed by atoms with Crippen LogP contribution in [0.1, 0.15) is 5.69 Å². The molecule has 1 rings (SSSR count). The SMILES string of the molecule is Nc1nc[nH]c1CNCO. The number of H-pyrrole nitrogens is 1. The van der Waals surface area contributed by atoms with Crippen LogP contribution in [0.3, 0.4) is 0 Å². The van der Waals surface area contributed by atoms with Crippen molar-refractivity contribution in [2.24, 2.45) is 0 Å². The summed E-state index contributed by atoms with van der Waals surface area (Å²) in [7, 11) is 0. The summed E-state index contributed by atoms with van der Waals surface area (Å²) in [5.41, 5.74) is 6.22. The van der Waals surface area contributed by atoms with Crippen molar-refractivity contribution in [3.8, 4) is 0 Å². The number of nitrogen functional groups attached to an aromatic ring is 1. The van der Waals surface area contributed by atoms with E-state index in [1.807, 2.05) is 0 Å². The molecule has 0 aliphatic carbocycles. The van der Waals surface area contributed by atoms with E-state index in [1.54, 1.807) is 0 Å². The van der Waals surface area contributed by atoms with Crippen LogP contribution in [-0.2, 0) is 6.54 Å². The first-order valence-electron chi connectivity index (χ1n) is 2.94. The van der Waals surface area contributed by atoms with Crippen molar-refractivity contribution in [3.63, 3.8) is 0 Å². The number of aromatic amines is 1. The number of nitrogens with one attached hydrogen (secondary N) is 2. The van der Waals surface area contributed by atoms with Gasteiger partial charge in [-0.1, -0.05) is 0 Å². The molecule has 0 radical (unpaired) electrons. The lowest BCUT2D eigenvalue weighted by Gasteiger charge is -1.97. The zero-order valence-electron chi connectivity index (χ0n) is 5.46. The Morgan fingerprint density at radius 2 is 2.60 bits per heavy atom. The Hall–Kier alpha value is -1.07. The maximum atomic E-state index is 8.37. The van der Waals surface area contributed by atoms with Crippen LogP contribution in [0.15, 0.2) is 6.33 Å². The summed E-state index contributed by atoms with van der Waals surface area (Å²) >= 11 is 0. The molecule has 0 spiro atoms. The second kappa shape index (κ2) is 3.19. The third kappa shape index (κ3) is 1.46. The van der Waals surface area contributed by atoms with Gasteiger partial charge >= 0.3 is 0 Å². The first-order valence-corrected chi connectivity index (χ1v) is 2.94. The van der Waals surface area contributed by atoms with Crippen molar-refractivity contribution in [2.75, 3.05) is 12.5 Å². The summed E-state index contributed by atoms with van der Waals surface area (Å²) in [4.78, 5) is 6.60. The molecule has 0 amide bonds. The Kier molecular flexibility index (Phi) is 2.24. The van der Waals surface area contributed by atoms with Gasteiger partial charge in [0.05, 0.1) is 18.8 Å². The monoisotopic (exact) mass is 142 g/mol. The van der Waals surface area contributed by atoms with Crippen LogP contribution in [0.25, 0.3) is 0 Å². The first kappa shape index (κ1) is 7.04. The van der Waals surface area contributed by atoms with Crippen LogP contribution >= 0.6 is 0 Å². The van der Waals surface area contributed by atoms with Gasteiger partial charge in [0.25, 0.3) is 0 Å². The molecule has 5 heteroatoms. The van der Waals surface area contributed by atoms with Gasteiger partial charge in [0.1, 0.15) is 5.82 Å². The van der Waals surface area contributed by atoms with Gasteiger partial charge in [-0.15, -0.1) is 0 Å². The largest absolute Gasteiger partial charge is 0.382 e. The summed E-state index contributed by atoms with van der Waals surface area (Å²) in [6.07, 6.45) is 1.52. The van der Waals surface area contributed by atoms with Gasteiger partial charge < -0.3 is 15.8 Å². The molecule has 1 heterocycles. The standard InChI is InChI=1S/C5H10N4O/c6-5-4(1-7-3-10)8-2-9-5/h2,7,10H,1,3,6H2,(H,8,9). The molecule has 5 nitrogen and oxygen atoms in total. The third-order valence-electron chi connectivity index (χ3n) is 1.17. The fraction of sp³-hybridized carbons (Fsp3) is 0.400. The Labute approximate surface area is 58.3 Å². The van der Waals surface area contributed by atoms with Crippen molar-refractivity contribution < 1.29 is 5.11 Å². The van der Waals surface area contributed by atoms with Gasteiger partial charge in [-0.3, -0.25) is 5.32 Å². The van der Waals surface area contributed by atoms with Gasteiger partial charge in [0.2, 0.25) is 0 Å². The van der Waals surface area contributed by atoms with E-state index < -0.39 is 0 Å². The van der Waals surface area contributed by atoms with Gasteiger partial charge in [-0.05, 0) is 0 Å². The van der Waals surface area contributed by atoms with Crippen LogP contribution in [0, 0.1) is 0 Å². The number of aliphatic hydroxyl groups excluding tert-OH is 1. The summed E-state index contributed by atoms with van der Waals surface area (Å²) in [6, 6.07) is 0. The molecule has 0 aromatic carbocycles. The lowest BCUT2D eigenvalue weighted by Crippen LogP contribution is -2.14. The molecule has 0 fully saturated rings. The number of aromatic nitrogens is 2. The van der Waals surface area contributed by atoms with Crippen molar-refractivity contribution in [1.29, 1.82) is 0 Å². The number of nitrogens with zero attached hydrogens (tertiary/aromatic N) is 1. The summed E-state index contributed by atoms with van der Waals surface area (Å²) in [6.45, 7) is 0.459. The Morgan fingerprint density at radius 3 is 3.10 bits per heavy atom. The van der Waals surface area contributed by atoms with E-state index in [2.05, 4.69) is 15.3 Å². The maximum Gasteiger partial charge on any atom is 0.146 e. The lowest BCUT2D eigenvalue weighted by atomic mass is 10.4. The number of nitrogens with two attached hydrogens (primary N) is 1. The zero-order chi connectivity index (χ0) is 7.40. The van der Waals surface area contributed by atoms with Crippen molar-refractivity contribution in [1.82, 2.24) is 15.3 Å². The highest BCUT2D eigenvalue weighted by molar-refractivity contribution is 5.33. The van der Waals surface area contributed by atoms with E-state index in [0.29, 0.717) is 12.4 Å². The summed E-state index contributed by atoms with van der Waals surface area (Å²) in [5.74, 6) is 0.473. The molecule has 0 aliphatic heterocycles. The summed E-state index contributed by atoms with van der Waals surface area (Å²) < 4.78 is 0. The molecule has 0 bridgehead atoms. The van der Waals surface area contributed by atoms with E-state index in [-0.39, 0.29) is 6.73 Å². The zero-order valence-corrected chi connectivity index (χ0v) is 5.46. The highest BCUT2D eigenvalue weighted by Gasteiger charge is 1.97. The number of anilines is 1. The normalized spacial score (nSPS) is 10.1. The summed E-state index contributed by atoms with van der Waals surface area (Å²) in [5, 5.41) is 11.1. The molecule has 10 heavy (non-hydrogen) atoms. The topological polar surface area (TPSA) is 87.0 Å². The number of hydrogen-bond donors (Lipinski definition) is 4. The van der Waals surface area contributed by atoms with Crippen molar-refractivity contribution in [3.05, 3.63) is 12.0 Å². The van der Waals surface area contributed by atoms with E-state index in [1.165, 1.54) is 6.33 Å². The van der Waals surface area contributed by atoms with Gasteiger partial charge in [0, 0.05) is 6.54 Å². The minimum absolute atomic E-state index is 0.0571. The van der Waals surface area contributed by atoms with Gasteiger partial charge in [-0.25, -0.2) is 4.98 Å². The molecule has 56 valence electrons. The average molecular weight is 142 g/mol. The Bertz CT molecular complexity index is 197. The number of hydrogen-bond acceptors (Lipinski definition) is 4. The quantitative estimate of drug-likeness (QED) is 0.409. The number of aliphatic hydroxyl groups is 1. The smallest absolute Gasteiger partial charge is 0.146 e. The van der Waals surface area contributed by atoms with Crippen LogP contribution < -0.4 is 11.1 Å². The Morgan fingerprint density at radius 1 is 1.80 bits per heavy atom. The lowest BCUT2D eigenvalue weighted by molar-refractivity contribution is 0.259. The average Bonchev–Trinajstić information content (AvgIpc) is 2.31. The molecule has 0 aliphatic rings.